The van der Waals surface area contributed by atoms with Gasteiger partial charge in [0.25, 0.3) is 5.91 Å². The number of carbonyl (C=O) groups excluding carboxylic acids is 1. The number of pyridine rings is 1. The summed E-state index contributed by atoms with van der Waals surface area (Å²) in [6, 6.07) is 8.31. The van der Waals surface area contributed by atoms with Crippen LogP contribution in [-0.4, -0.2) is 46.1 Å². The second kappa shape index (κ2) is 14.8. The number of hydrogen-bond donors (Lipinski definition) is 5. The van der Waals surface area contributed by atoms with Gasteiger partial charge in [-0.1, -0.05) is 29.3 Å². The molecular weight excluding hydrogens is 670 g/mol. The van der Waals surface area contributed by atoms with Crippen LogP contribution in [-0.2, 0) is 11.1 Å². The first-order chi connectivity index (χ1) is 21.5. The monoisotopic (exact) mass is 704 g/mol. The number of amides is 1. The van der Waals surface area contributed by atoms with Crippen molar-refractivity contribution >= 4 is 42.6 Å². The summed E-state index contributed by atoms with van der Waals surface area (Å²) >= 11 is 13.0. The molecule has 4 rings (SSSR count). The van der Waals surface area contributed by atoms with E-state index in [0.717, 1.165) is 12.8 Å². The number of alkyl halides is 2. The predicted molar refractivity (Wildman–Crippen MR) is 167 cm³/mol. The molecule has 250 valence electrons. The van der Waals surface area contributed by atoms with Gasteiger partial charge in [0, 0.05) is 17.6 Å². The molecule has 3 aromatic rings. The maximum absolute atomic E-state index is 13.1. The number of aliphatic hydroxyl groups excluding tert-OH is 1. The van der Waals surface area contributed by atoms with Gasteiger partial charge in [-0.15, -0.1) is 0 Å². The van der Waals surface area contributed by atoms with Crippen molar-refractivity contribution in [2.45, 2.75) is 58.4 Å². The highest BCUT2D eigenvalue weighted by Crippen LogP contribution is 2.40. The number of rotatable bonds is 14. The van der Waals surface area contributed by atoms with E-state index < -0.39 is 26.4 Å². The summed E-state index contributed by atoms with van der Waals surface area (Å²) in [6.07, 6.45) is 3.82. The summed E-state index contributed by atoms with van der Waals surface area (Å²) in [6.45, 7) is 3.21. The number of aliphatic hydroxyl groups is 1. The first-order valence-corrected chi connectivity index (χ1v) is 16.5. The molecule has 0 radical (unpaired) electrons. The highest BCUT2D eigenvalue weighted by atomic mass is 35.5. The smallest absolute Gasteiger partial charge is 0.489 e. The number of anilines is 1. The molecule has 1 atom stereocenters. The lowest BCUT2D eigenvalue weighted by Gasteiger charge is -2.23. The minimum Gasteiger partial charge on any atom is -0.489 e. The van der Waals surface area contributed by atoms with E-state index in [0.29, 0.717) is 23.7 Å². The van der Waals surface area contributed by atoms with Gasteiger partial charge in [-0.2, -0.15) is 13.3 Å². The van der Waals surface area contributed by atoms with E-state index in [4.69, 9.17) is 32.5 Å². The van der Waals surface area contributed by atoms with Crippen LogP contribution in [0, 0.1) is 5.92 Å². The Kier molecular flexibility index (Phi) is 11.5. The van der Waals surface area contributed by atoms with Crippen molar-refractivity contribution in [1.82, 2.24) is 5.32 Å². The number of β-amino-alcohol motifs (C(OH)–C–C–N with tert-alkyl or cyclic N) is 1. The zero-order chi connectivity index (χ0) is 33.8. The van der Waals surface area contributed by atoms with Gasteiger partial charge in [-0.3, -0.25) is 14.6 Å². The van der Waals surface area contributed by atoms with Crippen LogP contribution in [0.25, 0.3) is 0 Å². The van der Waals surface area contributed by atoms with Crippen molar-refractivity contribution in [2.75, 3.05) is 18.5 Å². The Bertz CT molecular complexity index is 1590. The second-order valence-electron chi connectivity index (χ2n) is 11.8. The molecule has 0 saturated heterocycles. The van der Waals surface area contributed by atoms with Gasteiger partial charge in [0.15, 0.2) is 30.4 Å². The van der Waals surface area contributed by atoms with Crippen LogP contribution in [0.1, 0.15) is 61.2 Å². The number of hydrogen-bond acceptors (Lipinski definition) is 7. The quantitative estimate of drug-likeness (QED) is 0.103. The Hall–Kier alpha value is -3.03. The van der Waals surface area contributed by atoms with Gasteiger partial charge in [-0.25, -0.2) is 4.57 Å². The van der Waals surface area contributed by atoms with E-state index in [2.05, 4.69) is 15.4 Å². The Labute approximate surface area is 274 Å². The van der Waals surface area contributed by atoms with Gasteiger partial charge in [-0.05, 0) is 75.4 Å². The molecule has 5 N–H and O–H groups in total. The number of phosphoric acid groups is 1. The van der Waals surface area contributed by atoms with E-state index in [1.807, 2.05) is 20.8 Å². The molecule has 1 amide bonds. The van der Waals surface area contributed by atoms with Gasteiger partial charge in [0.2, 0.25) is 0 Å². The highest BCUT2D eigenvalue weighted by Gasteiger charge is 2.26. The molecule has 1 saturated carbocycles. The number of nitrogens with zero attached hydrogens (tertiary/aromatic N) is 1. The fourth-order valence-electron chi connectivity index (χ4n) is 4.26. The van der Waals surface area contributed by atoms with Crippen molar-refractivity contribution < 1.29 is 51.6 Å². The molecule has 1 fully saturated rings. The maximum Gasteiger partial charge on any atom is 0.524 e. The number of ether oxygens (including phenoxy) is 2. The maximum atomic E-state index is 13.1. The fourth-order valence-corrected chi connectivity index (χ4v) is 5.28. The fraction of sp³-hybridized carbons (Fsp3) is 0.400. The van der Waals surface area contributed by atoms with Crippen LogP contribution < -0.4 is 29.2 Å². The van der Waals surface area contributed by atoms with E-state index >= 15 is 0 Å². The SMILES string of the molecule is CC(C)(C)NCC(O)c1ccc(C[n+]2cc(Cl)c(NC(=O)c3ccc(OC(F)F)c(OCC4CC4)c3)c(Cl)c2)c(OP(=O)(O)O)c1. The van der Waals surface area contributed by atoms with Crippen molar-refractivity contribution in [3.63, 3.8) is 0 Å². The molecule has 46 heavy (non-hydrogen) atoms. The second-order valence-corrected chi connectivity index (χ2v) is 13.8. The topological polar surface area (TPSA) is 150 Å². The van der Waals surface area contributed by atoms with Crippen LogP contribution in [0.15, 0.2) is 48.8 Å². The third kappa shape index (κ3) is 10.8. The molecule has 1 unspecified atom stereocenters. The average molecular weight is 705 g/mol. The predicted octanol–water partition coefficient (Wildman–Crippen LogP) is 5.86. The zero-order valence-corrected chi connectivity index (χ0v) is 27.6. The summed E-state index contributed by atoms with van der Waals surface area (Å²) in [7, 11) is -4.96. The van der Waals surface area contributed by atoms with Gasteiger partial charge in [0.1, 0.15) is 15.8 Å². The molecule has 1 heterocycles. The molecule has 1 aliphatic carbocycles. The lowest BCUT2D eigenvalue weighted by atomic mass is 10.0. The minimum absolute atomic E-state index is 0.000258. The Morgan fingerprint density at radius 3 is 2.33 bits per heavy atom. The van der Waals surface area contributed by atoms with Crippen molar-refractivity contribution in [3.05, 3.63) is 75.5 Å². The number of benzene rings is 2. The molecule has 1 aromatic heterocycles. The average Bonchev–Trinajstić information content (AvgIpc) is 3.77. The van der Waals surface area contributed by atoms with E-state index in [-0.39, 0.29) is 57.2 Å². The van der Waals surface area contributed by atoms with Gasteiger partial charge < -0.3 is 29.7 Å². The lowest BCUT2D eigenvalue weighted by molar-refractivity contribution is -0.688. The number of carbonyl (C=O) groups is 1. The normalized spacial score (nSPS) is 14.2. The Balaban J connectivity index is 1.53. The molecule has 1 aliphatic rings. The van der Waals surface area contributed by atoms with Gasteiger partial charge in [0.05, 0.1) is 24.0 Å². The molecule has 16 heteroatoms. The summed E-state index contributed by atoms with van der Waals surface area (Å²) in [5.41, 5.74) is 0.584. The summed E-state index contributed by atoms with van der Waals surface area (Å²) in [5, 5.41) is 16.5. The van der Waals surface area contributed by atoms with Crippen molar-refractivity contribution in [3.8, 4) is 17.2 Å². The molecule has 2 aromatic carbocycles. The van der Waals surface area contributed by atoms with Crippen molar-refractivity contribution in [2.24, 2.45) is 5.92 Å². The minimum atomic E-state index is -4.96. The van der Waals surface area contributed by atoms with Crippen LogP contribution in [0.4, 0.5) is 14.5 Å². The summed E-state index contributed by atoms with van der Waals surface area (Å²) < 4.78 is 54.1. The van der Waals surface area contributed by atoms with Crippen LogP contribution >= 0.6 is 31.0 Å². The molecule has 0 spiro atoms. The van der Waals surface area contributed by atoms with Crippen LogP contribution in [0.3, 0.4) is 0 Å². The van der Waals surface area contributed by atoms with Crippen LogP contribution in [0.2, 0.25) is 10.0 Å². The Morgan fingerprint density at radius 1 is 1.07 bits per heavy atom. The zero-order valence-electron chi connectivity index (χ0n) is 25.2. The summed E-state index contributed by atoms with van der Waals surface area (Å²) in [4.78, 5) is 32.1. The van der Waals surface area contributed by atoms with E-state index in [1.54, 1.807) is 12.1 Å². The molecule has 0 aliphatic heterocycles. The van der Waals surface area contributed by atoms with Gasteiger partial charge >= 0.3 is 14.4 Å². The number of nitrogens with one attached hydrogen (secondary N) is 2. The largest absolute Gasteiger partial charge is 0.524 e. The number of aromatic nitrogens is 1. The third-order valence-electron chi connectivity index (χ3n) is 6.74. The van der Waals surface area contributed by atoms with Crippen LogP contribution in [0.5, 0.6) is 17.2 Å². The van der Waals surface area contributed by atoms with E-state index in [1.165, 1.54) is 41.2 Å². The Morgan fingerprint density at radius 2 is 1.74 bits per heavy atom. The highest BCUT2D eigenvalue weighted by molar-refractivity contribution is 7.46. The van der Waals surface area contributed by atoms with Crippen molar-refractivity contribution in [1.29, 1.82) is 0 Å². The number of phosphoric ester groups is 1. The molecule has 11 nitrogen and oxygen atoms in total. The number of halogens is 4. The first kappa shape index (κ1) is 35.8. The molecule has 0 bridgehead atoms. The standard InChI is InChI=1S/C30H34Cl2F2N3O8P/c1-30(2,3)35-12-23(38)18-6-7-20(25(10-18)45-46(40,41)42)13-37-14-21(31)27(22(32)15-37)36-28(39)19-8-9-24(44-29(33)34)26(11-19)43-16-17-4-5-17/h6-11,14-15,17,23,29,35,38H,4-5,12-13,16H2,1-3H3,(H2,40,41,42)/p+1. The lowest BCUT2D eigenvalue weighted by Crippen LogP contribution is -2.38. The molecular formula is C30H35Cl2F2N3O8P+. The van der Waals surface area contributed by atoms with E-state index in [9.17, 15) is 33.0 Å². The first-order valence-electron chi connectivity index (χ1n) is 14.2. The summed E-state index contributed by atoms with van der Waals surface area (Å²) in [5.74, 6) is -0.675. The third-order valence-corrected chi connectivity index (χ3v) is 7.75.